The quantitative estimate of drug-likeness (QED) is 0.322. The third-order valence-electron chi connectivity index (χ3n) is 4.09. The minimum atomic E-state index is -0.951. The van der Waals surface area contributed by atoms with Crippen LogP contribution in [0.3, 0.4) is 0 Å². The summed E-state index contributed by atoms with van der Waals surface area (Å²) in [5.74, 6) is -2.98. The van der Waals surface area contributed by atoms with Gasteiger partial charge in [0.05, 0.1) is 17.6 Å². The van der Waals surface area contributed by atoms with Gasteiger partial charge >= 0.3 is 5.97 Å². The van der Waals surface area contributed by atoms with E-state index in [-0.39, 0.29) is 23.3 Å². The van der Waals surface area contributed by atoms with Gasteiger partial charge < -0.3 is 9.47 Å². The van der Waals surface area contributed by atoms with Crippen LogP contribution in [0.2, 0.25) is 0 Å². The molecule has 0 radical (unpaired) electrons. The predicted octanol–water partition coefficient (Wildman–Crippen LogP) is 2.08. The maximum atomic E-state index is 13.3. The van der Waals surface area contributed by atoms with E-state index in [9.17, 15) is 28.9 Å². The van der Waals surface area contributed by atoms with Gasteiger partial charge in [0, 0.05) is 11.6 Å². The monoisotopic (exact) mass is 388 g/mol. The molecule has 0 spiro atoms. The van der Waals surface area contributed by atoms with Crippen LogP contribution in [0.5, 0.6) is 5.75 Å². The Morgan fingerprint density at radius 3 is 2.64 bits per heavy atom. The Labute approximate surface area is 157 Å². The summed E-state index contributed by atoms with van der Waals surface area (Å²) in [7, 11) is 1.37. The maximum absolute atomic E-state index is 13.3. The molecule has 0 unspecified atom stereocenters. The summed E-state index contributed by atoms with van der Waals surface area (Å²) in [6.07, 6.45) is 0. The van der Waals surface area contributed by atoms with E-state index in [1.807, 2.05) is 0 Å². The molecule has 1 aliphatic heterocycles. The summed E-state index contributed by atoms with van der Waals surface area (Å²) in [5, 5.41) is 11.1. The summed E-state index contributed by atoms with van der Waals surface area (Å²) < 4.78 is 23.4. The fourth-order valence-electron chi connectivity index (χ4n) is 2.80. The third kappa shape index (κ3) is 3.39. The van der Waals surface area contributed by atoms with E-state index in [2.05, 4.69) is 0 Å². The number of halogens is 1. The van der Waals surface area contributed by atoms with Crippen molar-refractivity contribution in [2.75, 3.05) is 13.7 Å². The minimum absolute atomic E-state index is 0.154. The van der Waals surface area contributed by atoms with Crippen LogP contribution in [0, 0.1) is 15.9 Å². The van der Waals surface area contributed by atoms with Gasteiger partial charge in [-0.3, -0.25) is 29.4 Å². The first-order valence-electron chi connectivity index (χ1n) is 7.95. The maximum Gasteiger partial charge on any atom is 0.326 e. The van der Waals surface area contributed by atoms with Crippen LogP contribution >= 0.6 is 0 Å². The fourth-order valence-corrected chi connectivity index (χ4v) is 2.80. The van der Waals surface area contributed by atoms with Gasteiger partial charge in [0.1, 0.15) is 30.3 Å². The molecule has 3 rings (SSSR count). The molecule has 0 aromatic heterocycles. The van der Waals surface area contributed by atoms with Gasteiger partial charge in [-0.2, -0.15) is 0 Å². The second-order valence-corrected chi connectivity index (χ2v) is 5.77. The lowest BCUT2D eigenvalue weighted by Crippen LogP contribution is -2.35. The van der Waals surface area contributed by atoms with Crippen LogP contribution in [0.4, 0.5) is 10.1 Å². The molecule has 9 nitrogen and oxygen atoms in total. The number of ether oxygens (including phenoxy) is 2. The number of imide groups is 1. The number of nitro benzene ring substituents is 1. The van der Waals surface area contributed by atoms with Gasteiger partial charge in [-0.25, -0.2) is 4.39 Å². The molecule has 0 aliphatic carbocycles. The molecule has 2 amide bonds. The molecule has 0 bridgehead atoms. The Morgan fingerprint density at radius 1 is 1.21 bits per heavy atom. The molecule has 10 heteroatoms. The van der Waals surface area contributed by atoms with E-state index < -0.39 is 40.8 Å². The number of fused-ring (bicyclic) bond motifs is 1. The minimum Gasteiger partial charge on any atom is -0.496 e. The first-order chi connectivity index (χ1) is 13.3. The van der Waals surface area contributed by atoms with Gasteiger partial charge in [0.25, 0.3) is 17.5 Å². The molecular formula is C18H13FN2O7. The molecule has 1 heterocycles. The molecule has 2 aromatic rings. The highest BCUT2D eigenvalue weighted by molar-refractivity contribution is 6.24. The summed E-state index contributed by atoms with van der Waals surface area (Å²) in [4.78, 5) is 47.7. The first-order valence-corrected chi connectivity index (χ1v) is 7.95. The summed E-state index contributed by atoms with van der Waals surface area (Å²) in [5.41, 5.74) is -0.777. The average Bonchev–Trinajstić information content (AvgIpc) is 2.91. The van der Waals surface area contributed by atoms with E-state index in [1.54, 1.807) is 0 Å². The standard InChI is InChI=1S/C18H13FN2O7/c1-27-14-6-5-11(19)7-10(14)9-28-15(22)8-20-17(23)12-3-2-4-13(21(25)26)16(12)18(20)24/h2-7H,8-9H2,1H3. The van der Waals surface area contributed by atoms with Crippen LogP contribution in [0.15, 0.2) is 36.4 Å². The van der Waals surface area contributed by atoms with Crippen molar-refractivity contribution < 1.29 is 33.2 Å². The van der Waals surface area contributed by atoms with Crippen molar-refractivity contribution in [2.24, 2.45) is 0 Å². The van der Waals surface area contributed by atoms with E-state index in [0.717, 1.165) is 12.1 Å². The molecule has 0 atom stereocenters. The fraction of sp³-hybridized carbons (Fsp3) is 0.167. The molecular weight excluding hydrogens is 375 g/mol. The lowest BCUT2D eigenvalue weighted by molar-refractivity contribution is -0.385. The Kier molecular flexibility index (Phi) is 5.03. The van der Waals surface area contributed by atoms with Gasteiger partial charge in [0.15, 0.2) is 0 Å². The number of hydrogen-bond acceptors (Lipinski definition) is 7. The Balaban J connectivity index is 1.73. The highest BCUT2D eigenvalue weighted by Gasteiger charge is 2.41. The summed E-state index contributed by atoms with van der Waals surface area (Å²) in [6.45, 7) is -1.08. The zero-order valence-electron chi connectivity index (χ0n) is 14.5. The summed E-state index contributed by atoms with van der Waals surface area (Å²) >= 11 is 0. The molecule has 0 saturated heterocycles. The zero-order valence-corrected chi connectivity index (χ0v) is 14.5. The molecule has 0 saturated carbocycles. The van der Waals surface area contributed by atoms with Crippen LogP contribution in [0.1, 0.15) is 26.3 Å². The number of esters is 1. The lowest BCUT2D eigenvalue weighted by atomic mass is 10.1. The van der Waals surface area contributed by atoms with Crippen LogP contribution in [0.25, 0.3) is 0 Å². The molecule has 0 N–H and O–H groups in total. The normalized spacial score (nSPS) is 12.7. The average molecular weight is 388 g/mol. The number of nitrogens with zero attached hydrogens (tertiary/aromatic N) is 2. The Bertz CT molecular complexity index is 1010. The van der Waals surface area contributed by atoms with Crippen molar-refractivity contribution in [1.82, 2.24) is 4.90 Å². The van der Waals surface area contributed by atoms with Crippen molar-refractivity contribution in [3.05, 3.63) is 69.0 Å². The van der Waals surface area contributed by atoms with Crippen molar-refractivity contribution in [2.45, 2.75) is 6.61 Å². The van der Waals surface area contributed by atoms with Crippen molar-refractivity contribution >= 4 is 23.5 Å². The molecule has 0 fully saturated rings. The molecule has 1 aliphatic rings. The molecule has 2 aromatic carbocycles. The van der Waals surface area contributed by atoms with Crippen LogP contribution in [-0.4, -0.2) is 41.3 Å². The van der Waals surface area contributed by atoms with E-state index >= 15 is 0 Å². The van der Waals surface area contributed by atoms with Crippen molar-refractivity contribution in [3.63, 3.8) is 0 Å². The topological polar surface area (TPSA) is 116 Å². The summed E-state index contributed by atoms with van der Waals surface area (Å²) in [6, 6.07) is 7.31. The predicted molar refractivity (Wildman–Crippen MR) is 91.2 cm³/mol. The number of amides is 2. The highest BCUT2D eigenvalue weighted by Crippen LogP contribution is 2.30. The molecule has 28 heavy (non-hydrogen) atoms. The third-order valence-corrected chi connectivity index (χ3v) is 4.09. The van der Waals surface area contributed by atoms with Gasteiger partial charge in [-0.1, -0.05) is 6.07 Å². The lowest BCUT2D eigenvalue weighted by Gasteiger charge is -2.14. The number of carbonyl (C=O) groups is 3. The smallest absolute Gasteiger partial charge is 0.326 e. The second kappa shape index (κ2) is 7.43. The number of hydrogen-bond donors (Lipinski definition) is 0. The SMILES string of the molecule is COc1ccc(F)cc1COC(=O)CN1C(=O)c2cccc([N+](=O)[O-])c2C1=O. The first kappa shape index (κ1) is 19.0. The number of nitro groups is 1. The largest absolute Gasteiger partial charge is 0.496 e. The van der Waals surface area contributed by atoms with Crippen LogP contribution in [-0.2, 0) is 16.1 Å². The van der Waals surface area contributed by atoms with E-state index in [1.165, 1.54) is 31.4 Å². The van der Waals surface area contributed by atoms with Gasteiger partial charge in [0.2, 0.25) is 0 Å². The zero-order chi connectivity index (χ0) is 20.4. The number of benzene rings is 2. The number of carbonyl (C=O) groups excluding carboxylic acids is 3. The molecule has 144 valence electrons. The van der Waals surface area contributed by atoms with Crippen LogP contribution < -0.4 is 4.74 Å². The number of rotatable bonds is 6. The van der Waals surface area contributed by atoms with Gasteiger partial charge in [-0.15, -0.1) is 0 Å². The number of methoxy groups -OCH3 is 1. The van der Waals surface area contributed by atoms with E-state index in [0.29, 0.717) is 10.6 Å². The highest BCUT2D eigenvalue weighted by atomic mass is 19.1. The van der Waals surface area contributed by atoms with Crippen molar-refractivity contribution in [1.29, 1.82) is 0 Å². The Hall–Kier alpha value is -3.82. The second-order valence-electron chi connectivity index (χ2n) is 5.77. The van der Waals surface area contributed by atoms with E-state index in [4.69, 9.17) is 9.47 Å². The van der Waals surface area contributed by atoms with Crippen molar-refractivity contribution in [3.8, 4) is 5.75 Å². The Morgan fingerprint density at radius 2 is 1.96 bits per heavy atom. The van der Waals surface area contributed by atoms with Gasteiger partial charge in [-0.05, 0) is 24.3 Å².